The Morgan fingerprint density at radius 2 is 1.77 bits per heavy atom. The second-order valence-corrected chi connectivity index (χ2v) is 2.96. The fourth-order valence-electron chi connectivity index (χ4n) is 1.23. The van der Waals surface area contributed by atoms with Crippen LogP contribution in [0.2, 0.25) is 0 Å². The number of aldehydes is 1. The molecule has 13 heavy (non-hydrogen) atoms. The third-order valence-electron chi connectivity index (χ3n) is 1.83. The number of carbonyl (C=O) groups excluding carboxylic acids is 1. The number of carbonyl (C=O) groups is 1. The average molecular weight is 178 g/mol. The fraction of sp³-hybridized carbons (Fsp3) is 0.182. The van der Waals surface area contributed by atoms with Crippen LogP contribution in [0.3, 0.4) is 0 Å². The van der Waals surface area contributed by atoms with E-state index in [4.69, 9.17) is 0 Å². The Kier molecular flexibility index (Phi) is 2.96. The molecule has 0 aliphatic rings. The smallest absolute Gasteiger partial charge is 0.142 e. The Morgan fingerprint density at radius 1 is 1.23 bits per heavy atom. The largest absolute Gasteiger partial charge is 0.299 e. The molecule has 0 aliphatic heterocycles. The SMILES string of the molecule is Cc1cc(C=CC=O)cc(C)c1F. The van der Waals surface area contributed by atoms with Crippen LogP contribution in [0.25, 0.3) is 6.08 Å². The van der Waals surface area contributed by atoms with E-state index in [-0.39, 0.29) is 5.82 Å². The van der Waals surface area contributed by atoms with Gasteiger partial charge in [0, 0.05) is 0 Å². The van der Waals surface area contributed by atoms with Crippen molar-refractivity contribution in [3.63, 3.8) is 0 Å². The predicted octanol–water partition coefficient (Wildman–Crippen LogP) is 2.65. The molecular formula is C11H11FO. The number of benzene rings is 1. The lowest BCUT2D eigenvalue weighted by Crippen LogP contribution is -1.88. The molecule has 0 saturated carbocycles. The van der Waals surface area contributed by atoms with Crippen molar-refractivity contribution in [2.45, 2.75) is 13.8 Å². The number of hydrogen-bond donors (Lipinski definition) is 0. The van der Waals surface area contributed by atoms with Crippen molar-refractivity contribution in [2.75, 3.05) is 0 Å². The third-order valence-corrected chi connectivity index (χ3v) is 1.83. The molecule has 0 heterocycles. The van der Waals surface area contributed by atoms with E-state index in [1.807, 2.05) is 0 Å². The zero-order chi connectivity index (χ0) is 9.84. The molecule has 68 valence electrons. The summed E-state index contributed by atoms with van der Waals surface area (Å²) in [5.41, 5.74) is 2.06. The molecule has 1 aromatic rings. The molecule has 0 aromatic heterocycles. The van der Waals surface area contributed by atoms with Crippen molar-refractivity contribution in [3.05, 3.63) is 40.7 Å². The van der Waals surface area contributed by atoms with E-state index < -0.39 is 0 Å². The lowest BCUT2D eigenvalue weighted by Gasteiger charge is -2.02. The molecule has 0 unspecified atom stereocenters. The van der Waals surface area contributed by atoms with Gasteiger partial charge < -0.3 is 0 Å². The molecule has 0 saturated heterocycles. The fourth-order valence-corrected chi connectivity index (χ4v) is 1.23. The molecule has 1 rings (SSSR count). The molecule has 0 radical (unpaired) electrons. The van der Waals surface area contributed by atoms with Gasteiger partial charge in [-0.05, 0) is 48.7 Å². The van der Waals surface area contributed by atoms with E-state index in [9.17, 15) is 9.18 Å². The summed E-state index contributed by atoms with van der Waals surface area (Å²) < 4.78 is 13.1. The Bertz CT molecular complexity index is 330. The Balaban J connectivity index is 3.12. The molecule has 0 atom stereocenters. The molecule has 0 bridgehead atoms. The van der Waals surface area contributed by atoms with Crippen LogP contribution >= 0.6 is 0 Å². The van der Waals surface area contributed by atoms with Crippen molar-refractivity contribution < 1.29 is 9.18 Å². The van der Waals surface area contributed by atoms with Crippen LogP contribution in [0.15, 0.2) is 18.2 Å². The summed E-state index contributed by atoms with van der Waals surface area (Å²) in [7, 11) is 0. The monoisotopic (exact) mass is 178 g/mol. The van der Waals surface area contributed by atoms with Gasteiger partial charge in [-0.25, -0.2) is 4.39 Å². The highest BCUT2D eigenvalue weighted by Crippen LogP contribution is 2.15. The summed E-state index contributed by atoms with van der Waals surface area (Å²) in [6.07, 6.45) is 3.76. The van der Waals surface area contributed by atoms with Gasteiger partial charge >= 0.3 is 0 Å². The lowest BCUT2D eigenvalue weighted by molar-refractivity contribution is -0.104. The number of hydrogen-bond acceptors (Lipinski definition) is 1. The van der Waals surface area contributed by atoms with Crippen molar-refractivity contribution >= 4 is 12.4 Å². The van der Waals surface area contributed by atoms with Gasteiger partial charge in [0.05, 0.1) is 0 Å². The summed E-state index contributed by atoms with van der Waals surface area (Å²) in [5.74, 6) is -0.178. The van der Waals surface area contributed by atoms with E-state index in [2.05, 4.69) is 0 Å². The first-order valence-corrected chi connectivity index (χ1v) is 4.03. The second kappa shape index (κ2) is 3.99. The Labute approximate surface area is 76.9 Å². The number of allylic oxidation sites excluding steroid dienone is 1. The molecule has 0 aliphatic carbocycles. The van der Waals surface area contributed by atoms with Gasteiger partial charge in [0.2, 0.25) is 0 Å². The van der Waals surface area contributed by atoms with Gasteiger partial charge in [0.1, 0.15) is 12.1 Å². The highest BCUT2D eigenvalue weighted by Gasteiger charge is 2.01. The summed E-state index contributed by atoms with van der Waals surface area (Å²) >= 11 is 0. The second-order valence-electron chi connectivity index (χ2n) is 2.96. The molecule has 0 N–H and O–H groups in total. The van der Waals surface area contributed by atoms with Crippen molar-refractivity contribution in [1.29, 1.82) is 0 Å². The molecule has 2 heteroatoms. The lowest BCUT2D eigenvalue weighted by atomic mass is 10.1. The van der Waals surface area contributed by atoms with Gasteiger partial charge in [0.25, 0.3) is 0 Å². The summed E-state index contributed by atoms with van der Waals surface area (Å²) in [5, 5.41) is 0. The van der Waals surface area contributed by atoms with E-state index in [1.165, 1.54) is 6.08 Å². The molecule has 0 fully saturated rings. The Hall–Kier alpha value is -1.44. The van der Waals surface area contributed by atoms with Gasteiger partial charge in [0.15, 0.2) is 0 Å². The van der Waals surface area contributed by atoms with Gasteiger partial charge in [-0.3, -0.25) is 4.79 Å². The summed E-state index contributed by atoms with van der Waals surface area (Å²) in [6.45, 7) is 3.42. The highest BCUT2D eigenvalue weighted by molar-refractivity contribution is 5.74. The topological polar surface area (TPSA) is 17.1 Å². The van der Waals surface area contributed by atoms with Gasteiger partial charge in [-0.2, -0.15) is 0 Å². The van der Waals surface area contributed by atoms with E-state index >= 15 is 0 Å². The zero-order valence-corrected chi connectivity index (χ0v) is 7.67. The first-order valence-electron chi connectivity index (χ1n) is 4.03. The van der Waals surface area contributed by atoms with Gasteiger partial charge in [-0.1, -0.05) is 6.08 Å². The van der Waals surface area contributed by atoms with Crippen LogP contribution in [0.4, 0.5) is 4.39 Å². The van der Waals surface area contributed by atoms with Gasteiger partial charge in [-0.15, -0.1) is 0 Å². The minimum atomic E-state index is -0.178. The maximum Gasteiger partial charge on any atom is 0.142 e. The molecule has 0 amide bonds. The average Bonchev–Trinajstić information content (AvgIpc) is 2.10. The van der Waals surface area contributed by atoms with Crippen molar-refractivity contribution in [1.82, 2.24) is 0 Å². The quantitative estimate of drug-likeness (QED) is 0.502. The maximum atomic E-state index is 13.1. The van der Waals surface area contributed by atoms with Crippen LogP contribution in [0, 0.1) is 19.7 Å². The van der Waals surface area contributed by atoms with Crippen LogP contribution in [0.1, 0.15) is 16.7 Å². The molecule has 0 spiro atoms. The minimum absolute atomic E-state index is 0.178. The molecular weight excluding hydrogens is 167 g/mol. The summed E-state index contributed by atoms with van der Waals surface area (Å²) in [6, 6.07) is 3.42. The highest BCUT2D eigenvalue weighted by atomic mass is 19.1. The van der Waals surface area contributed by atoms with E-state index in [1.54, 1.807) is 32.1 Å². The maximum absolute atomic E-state index is 13.1. The summed E-state index contributed by atoms with van der Waals surface area (Å²) in [4.78, 5) is 10.1. The predicted molar refractivity (Wildman–Crippen MR) is 51.0 cm³/mol. The first-order chi connectivity index (χ1) is 6.15. The minimum Gasteiger partial charge on any atom is -0.299 e. The third kappa shape index (κ3) is 2.25. The molecule has 1 aromatic carbocycles. The zero-order valence-electron chi connectivity index (χ0n) is 7.67. The number of halogens is 1. The Morgan fingerprint density at radius 3 is 2.23 bits per heavy atom. The standard InChI is InChI=1S/C11H11FO/c1-8-6-10(4-3-5-13)7-9(2)11(8)12/h3-7H,1-2H3. The van der Waals surface area contributed by atoms with Crippen molar-refractivity contribution in [3.8, 4) is 0 Å². The first kappa shape index (κ1) is 9.65. The van der Waals surface area contributed by atoms with E-state index in [0.29, 0.717) is 17.4 Å². The van der Waals surface area contributed by atoms with Crippen molar-refractivity contribution in [2.24, 2.45) is 0 Å². The molecule has 1 nitrogen and oxygen atoms in total. The number of aryl methyl sites for hydroxylation is 2. The normalized spacial score (nSPS) is 10.7. The van der Waals surface area contributed by atoms with E-state index in [0.717, 1.165) is 5.56 Å². The van der Waals surface area contributed by atoms with Crippen LogP contribution in [0.5, 0.6) is 0 Å². The number of rotatable bonds is 2. The van der Waals surface area contributed by atoms with Crippen LogP contribution in [-0.2, 0) is 4.79 Å². The van der Waals surface area contributed by atoms with Crippen LogP contribution < -0.4 is 0 Å². The van der Waals surface area contributed by atoms with Crippen LogP contribution in [-0.4, -0.2) is 6.29 Å².